The standard InChI is InChI=1S/C26H29F3N6O6S2/c1-2-40-24(37)19(12-16-11-15-5-7-31-22(30)17(15)13-20(16)41-26(27,28)29)34-10-6-18(23(34)36)35(43(38)39)21-14-32-25(42-21)33-8-3-4-9-33/h5,7,11,13-14,18-19H,2-4,6,8-10,12H2,1H3,(H2,30,31)(H,38,39)/t18-,19+/m0/s1. The van der Waals surface area contributed by atoms with Crippen LogP contribution in [-0.4, -0.2) is 80.2 Å². The van der Waals surface area contributed by atoms with E-state index in [0.29, 0.717) is 15.5 Å². The monoisotopic (exact) mass is 642 g/mol. The van der Waals surface area contributed by atoms with Gasteiger partial charge < -0.3 is 25.0 Å². The first-order valence-electron chi connectivity index (χ1n) is 13.5. The van der Waals surface area contributed by atoms with E-state index >= 15 is 0 Å². The van der Waals surface area contributed by atoms with Crippen molar-refractivity contribution in [3.63, 3.8) is 0 Å². The summed E-state index contributed by atoms with van der Waals surface area (Å²) >= 11 is -1.43. The van der Waals surface area contributed by atoms with Gasteiger partial charge in [-0.15, -0.1) is 13.2 Å². The van der Waals surface area contributed by atoms with Gasteiger partial charge >= 0.3 is 12.3 Å². The van der Waals surface area contributed by atoms with Crippen LogP contribution in [0.4, 0.5) is 29.1 Å². The lowest BCUT2D eigenvalue weighted by Crippen LogP contribution is -2.49. The van der Waals surface area contributed by atoms with Gasteiger partial charge in [-0.1, -0.05) is 11.3 Å². The molecule has 2 aromatic heterocycles. The number of anilines is 3. The Labute approximate surface area is 251 Å². The number of nitrogens with two attached hydrogens (primary N) is 1. The summed E-state index contributed by atoms with van der Waals surface area (Å²) in [6.07, 6.45) is -0.530. The topological polar surface area (TPSA) is 151 Å². The van der Waals surface area contributed by atoms with E-state index in [0.717, 1.165) is 36.3 Å². The Morgan fingerprint density at radius 2 is 2.02 bits per heavy atom. The lowest BCUT2D eigenvalue weighted by Gasteiger charge is -2.29. The van der Waals surface area contributed by atoms with Crippen molar-refractivity contribution in [2.24, 2.45) is 0 Å². The van der Waals surface area contributed by atoms with E-state index in [1.54, 1.807) is 13.0 Å². The molecule has 232 valence electrons. The minimum absolute atomic E-state index is 0.0105. The van der Waals surface area contributed by atoms with Crippen molar-refractivity contribution in [1.29, 1.82) is 0 Å². The number of hydrogen-bond donors (Lipinski definition) is 2. The number of esters is 1. The normalized spacial score (nSPS) is 18.7. The number of alkyl halides is 3. The second-order valence-corrected chi connectivity index (χ2v) is 11.8. The fourth-order valence-corrected chi connectivity index (χ4v) is 7.23. The second-order valence-electron chi connectivity index (χ2n) is 9.96. The predicted molar refractivity (Wildman–Crippen MR) is 154 cm³/mol. The van der Waals surface area contributed by atoms with Gasteiger partial charge in [0, 0.05) is 37.6 Å². The molecule has 0 aliphatic carbocycles. The van der Waals surface area contributed by atoms with Gasteiger partial charge in [-0.05, 0) is 55.3 Å². The Balaban J connectivity index is 1.46. The average Bonchev–Trinajstić information content (AvgIpc) is 3.70. The number of amides is 1. The van der Waals surface area contributed by atoms with Crippen molar-refractivity contribution in [3.05, 3.63) is 36.2 Å². The number of likely N-dealkylation sites (tertiary alicyclic amines) is 1. The zero-order chi connectivity index (χ0) is 30.9. The van der Waals surface area contributed by atoms with E-state index in [9.17, 15) is 31.5 Å². The number of thiazole rings is 1. The molecule has 5 rings (SSSR count). The lowest BCUT2D eigenvalue weighted by molar-refractivity contribution is -0.274. The van der Waals surface area contributed by atoms with Crippen molar-refractivity contribution in [2.75, 3.05) is 41.2 Å². The molecule has 4 heterocycles. The zero-order valence-corrected chi connectivity index (χ0v) is 24.6. The minimum Gasteiger partial charge on any atom is -0.464 e. The number of aromatic nitrogens is 2. The molecule has 3 N–H and O–H groups in total. The highest BCUT2D eigenvalue weighted by molar-refractivity contribution is 7.81. The number of carbonyl (C=O) groups excluding carboxylic acids is 2. The van der Waals surface area contributed by atoms with Gasteiger partial charge in [0.2, 0.25) is 5.91 Å². The first-order valence-corrected chi connectivity index (χ1v) is 15.4. The van der Waals surface area contributed by atoms with Crippen LogP contribution in [0.2, 0.25) is 0 Å². The third-order valence-electron chi connectivity index (χ3n) is 7.29. The van der Waals surface area contributed by atoms with E-state index in [1.165, 1.54) is 34.7 Å². The van der Waals surface area contributed by atoms with Gasteiger partial charge in [0.15, 0.2) is 5.13 Å². The number of rotatable bonds is 10. The molecule has 0 radical (unpaired) electrons. The summed E-state index contributed by atoms with van der Waals surface area (Å²) in [6.45, 7) is 3.12. The predicted octanol–water partition coefficient (Wildman–Crippen LogP) is 3.49. The Bertz CT molecular complexity index is 1530. The third kappa shape index (κ3) is 6.62. The molecule has 17 heteroatoms. The SMILES string of the molecule is CCOC(=O)[C@@H](Cc1cc2ccnc(N)c2cc1OC(F)(F)F)N1CC[C@H](N(c2cnc(N3CCCC3)s2)S(=O)O)C1=O. The molecule has 2 fully saturated rings. The maximum Gasteiger partial charge on any atom is 0.573 e. The maximum absolute atomic E-state index is 13.8. The highest BCUT2D eigenvalue weighted by Gasteiger charge is 2.45. The number of halogens is 3. The Kier molecular flexibility index (Phi) is 8.94. The van der Waals surface area contributed by atoms with E-state index in [2.05, 4.69) is 19.6 Å². The molecule has 3 aromatic rings. The van der Waals surface area contributed by atoms with Crippen LogP contribution in [0.15, 0.2) is 30.6 Å². The summed E-state index contributed by atoms with van der Waals surface area (Å²) in [5.41, 5.74) is 5.84. The molecular weight excluding hydrogens is 613 g/mol. The molecule has 12 nitrogen and oxygen atoms in total. The van der Waals surface area contributed by atoms with Gasteiger partial charge in [0.1, 0.15) is 28.7 Å². The van der Waals surface area contributed by atoms with Gasteiger partial charge in [0.25, 0.3) is 11.3 Å². The van der Waals surface area contributed by atoms with E-state index in [1.807, 2.05) is 0 Å². The molecule has 2 aliphatic rings. The highest BCUT2D eigenvalue weighted by Crippen LogP contribution is 2.37. The maximum atomic E-state index is 13.8. The van der Waals surface area contributed by atoms with Crippen LogP contribution in [0.3, 0.4) is 0 Å². The molecule has 3 atom stereocenters. The third-order valence-corrected chi connectivity index (χ3v) is 9.25. The Morgan fingerprint density at radius 3 is 2.70 bits per heavy atom. The fourth-order valence-electron chi connectivity index (χ4n) is 5.38. The smallest absolute Gasteiger partial charge is 0.464 e. The summed E-state index contributed by atoms with van der Waals surface area (Å²) in [4.78, 5) is 38.5. The van der Waals surface area contributed by atoms with E-state index < -0.39 is 47.3 Å². The van der Waals surface area contributed by atoms with Crippen LogP contribution in [0.1, 0.15) is 31.7 Å². The summed E-state index contributed by atoms with van der Waals surface area (Å²) in [5, 5.41) is 1.64. The van der Waals surface area contributed by atoms with Crippen LogP contribution in [-0.2, 0) is 32.0 Å². The molecule has 0 bridgehead atoms. The van der Waals surface area contributed by atoms with Gasteiger partial charge in [-0.2, -0.15) is 0 Å². The molecular formula is C26H29F3N6O6S2. The fraction of sp³-hybridized carbons (Fsp3) is 0.462. The Hall–Kier alpha value is -3.70. The van der Waals surface area contributed by atoms with Crippen LogP contribution >= 0.6 is 11.3 Å². The summed E-state index contributed by atoms with van der Waals surface area (Å²) < 4.78 is 73.4. The second kappa shape index (κ2) is 12.5. The molecule has 1 unspecified atom stereocenters. The first-order chi connectivity index (χ1) is 20.5. The number of carbonyl (C=O) groups is 2. The minimum atomic E-state index is -5.05. The number of hydrogen-bond acceptors (Lipinski definition) is 10. The van der Waals surface area contributed by atoms with Crippen LogP contribution in [0.25, 0.3) is 10.8 Å². The lowest BCUT2D eigenvalue weighted by atomic mass is 10.00. The molecule has 2 aliphatic heterocycles. The molecule has 0 saturated carbocycles. The quantitative estimate of drug-likeness (QED) is 0.248. The number of nitrogen functional groups attached to an aromatic ring is 1. The highest BCUT2D eigenvalue weighted by atomic mass is 32.2. The number of pyridine rings is 1. The van der Waals surface area contributed by atoms with Crippen LogP contribution < -0.4 is 19.7 Å². The van der Waals surface area contributed by atoms with E-state index in [4.69, 9.17) is 10.5 Å². The number of fused-ring (bicyclic) bond motifs is 1. The van der Waals surface area contributed by atoms with Crippen molar-refractivity contribution in [2.45, 2.75) is 51.1 Å². The van der Waals surface area contributed by atoms with Crippen LogP contribution in [0, 0.1) is 0 Å². The largest absolute Gasteiger partial charge is 0.573 e. The summed E-state index contributed by atoms with van der Waals surface area (Å²) in [6, 6.07) is 1.56. The zero-order valence-electron chi connectivity index (χ0n) is 23.0. The molecule has 43 heavy (non-hydrogen) atoms. The number of ether oxygens (including phenoxy) is 2. The molecule has 2 saturated heterocycles. The van der Waals surface area contributed by atoms with Crippen molar-refractivity contribution in [1.82, 2.24) is 14.9 Å². The van der Waals surface area contributed by atoms with E-state index in [-0.39, 0.29) is 42.8 Å². The Morgan fingerprint density at radius 1 is 1.28 bits per heavy atom. The average molecular weight is 643 g/mol. The van der Waals surface area contributed by atoms with Gasteiger partial charge in [-0.25, -0.2) is 23.3 Å². The molecule has 1 aromatic carbocycles. The summed E-state index contributed by atoms with van der Waals surface area (Å²) in [5.74, 6) is -2.10. The van der Waals surface area contributed by atoms with Gasteiger partial charge in [-0.3, -0.25) is 9.35 Å². The number of benzene rings is 1. The molecule has 0 spiro atoms. The van der Waals surface area contributed by atoms with Crippen molar-refractivity contribution >= 4 is 61.2 Å². The van der Waals surface area contributed by atoms with Gasteiger partial charge in [0.05, 0.1) is 12.8 Å². The first kappa shape index (κ1) is 30.7. The molecule has 1 amide bonds. The number of nitrogens with zero attached hydrogens (tertiary/aromatic N) is 5. The summed E-state index contributed by atoms with van der Waals surface area (Å²) in [7, 11) is 0. The van der Waals surface area contributed by atoms with Crippen LogP contribution in [0.5, 0.6) is 5.75 Å². The van der Waals surface area contributed by atoms with Crippen molar-refractivity contribution < 1.29 is 41.0 Å². The van der Waals surface area contributed by atoms with Crippen molar-refractivity contribution in [3.8, 4) is 5.75 Å².